The Morgan fingerprint density at radius 3 is 2.46 bits per heavy atom. The molecule has 1 N–H and O–H groups in total. The second kappa shape index (κ2) is 8.19. The SMILES string of the molecule is O=Cc1cc2ccccc2nc1N1CCN(CC(=O)Nc2ccccc2)CC1. The Hall–Kier alpha value is -3.25. The molecule has 6 heteroatoms. The Morgan fingerprint density at radius 1 is 1.00 bits per heavy atom. The van der Waals surface area contributed by atoms with Gasteiger partial charge >= 0.3 is 0 Å². The number of nitrogens with zero attached hydrogens (tertiary/aromatic N) is 3. The highest BCUT2D eigenvalue weighted by Crippen LogP contribution is 2.23. The van der Waals surface area contributed by atoms with Crippen molar-refractivity contribution in [1.82, 2.24) is 9.88 Å². The molecule has 0 saturated carbocycles. The first kappa shape index (κ1) is 18.1. The van der Waals surface area contributed by atoms with Crippen LogP contribution in [0, 0.1) is 0 Å². The zero-order valence-corrected chi connectivity index (χ0v) is 15.5. The first-order valence-corrected chi connectivity index (χ1v) is 9.40. The van der Waals surface area contributed by atoms with Gasteiger partial charge in [0, 0.05) is 37.3 Å². The molecule has 142 valence electrons. The number of hydrogen-bond donors (Lipinski definition) is 1. The van der Waals surface area contributed by atoms with Gasteiger partial charge in [0.25, 0.3) is 0 Å². The number of aldehydes is 1. The third-order valence-corrected chi connectivity index (χ3v) is 4.96. The number of piperazine rings is 1. The van der Waals surface area contributed by atoms with Gasteiger partial charge in [-0.15, -0.1) is 0 Å². The van der Waals surface area contributed by atoms with Crippen LogP contribution in [0.1, 0.15) is 10.4 Å². The highest BCUT2D eigenvalue weighted by Gasteiger charge is 2.22. The van der Waals surface area contributed by atoms with E-state index < -0.39 is 0 Å². The summed E-state index contributed by atoms with van der Waals surface area (Å²) in [5.41, 5.74) is 2.30. The monoisotopic (exact) mass is 374 g/mol. The van der Waals surface area contributed by atoms with Crippen LogP contribution in [-0.4, -0.2) is 54.8 Å². The second-order valence-corrected chi connectivity index (χ2v) is 6.89. The van der Waals surface area contributed by atoms with Crippen LogP contribution in [0.4, 0.5) is 11.5 Å². The summed E-state index contributed by atoms with van der Waals surface area (Å²) >= 11 is 0. The van der Waals surface area contributed by atoms with Gasteiger partial charge in [0.15, 0.2) is 6.29 Å². The number of aromatic nitrogens is 1. The maximum atomic E-state index is 12.3. The molecule has 0 radical (unpaired) electrons. The van der Waals surface area contributed by atoms with E-state index in [1.165, 1.54) is 0 Å². The highest BCUT2D eigenvalue weighted by atomic mass is 16.2. The average Bonchev–Trinajstić information content (AvgIpc) is 2.74. The Morgan fingerprint density at radius 2 is 1.71 bits per heavy atom. The van der Waals surface area contributed by atoms with Crippen molar-refractivity contribution in [3.05, 3.63) is 66.2 Å². The number of hydrogen-bond acceptors (Lipinski definition) is 5. The number of para-hydroxylation sites is 2. The molecule has 0 spiro atoms. The van der Waals surface area contributed by atoms with Crippen LogP contribution in [0.25, 0.3) is 10.9 Å². The van der Waals surface area contributed by atoms with Gasteiger partial charge in [-0.2, -0.15) is 0 Å². The topological polar surface area (TPSA) is 65.5 Å². The third-order valence-electron chi connectivity index (χ3n) is 4.96. The van der Waals surface area contributed by atoms with Gasteiger partial charge < -0.3 is 10.2 Å². The lowest BCUT2D eigenvalue weighted by molar-refractivity contribution is -0.117. The summed E-state index contributed by atoms with van der Waals surface area (Å²) in [7, 11) is 0. The van der Waals surface area contributed by atoms with E-state index in [0.717, 1.165) is 54.9 Å². The molecule has 2 heterocycles. The lowest BCUT2D eigenvalue weighted by Crippen LogP contribution is -2.49. The fourth-order valence-corrected chi connectivity index (χ4v) is 3.51. The van der Waals surface area contributed by atoms with E-state index in [9.17, 15) is 9.59 Å². The standard InChI is InChI=1S/C22H22N4O2/c27-16-18-14-17-6-4-5-9-20(17)24-22(18)26-12-10-25(11-13-26)15-21(28)23-19-7-2-1-3-8-19/h1-9,14,16H,10-13,15H2,(H,23,28). The molecule has 1 amide bonds. The Labute approximate surface area is 163 Å². The van der Waals surface area contributed by atoms with Crippen molar-refractivity contribution in [2.75, 3.05) is 42.9 Å². The van der Waals surface area contributed by atoms with Gasteiger partial charge in [-0.05, 0) is 24.3 Å². The summed E-state index contributed by atoms with van der Waals surface area (Å²) < 4.78 is 0. The Balaban J connectivity index is 1.39. The number of carbonyl (C=O) groups excluding carboxylic acids is 2. The molecular weight excluding hydrogens is 352 g/mol. The molecule has 1 saturated heterocycles. The van der Waals surface area contributed by atoms with Crippen LogP contribution >= 0.6 is 0 Å². The van der Waals surface area contributed by atoms with E-state index in [4.69, 9.17) is 4.98 Å². The molecular formula is C22H22N4O2. The predicted octanol–water partition coefficient (Wildman–Crippen LogP) is 2.81. The fourth-order valence-electron chi connectivity index (χ4n) is 3.51. The summed E-state index contributed by atoms with van der Waals surface area (Å²) in [6.45, 7) is 3.30. The first-order chi connectivity index (χ1) is 13.7. The molecule has 1 aliphatic heterocycles. The van der Waals surface area contributed by atoms with E-state index in [1.54, 1.807) is 0 Å². The number of fused-ring (bicyclic) bond motifs is 1. The van der Waals surface area contributed by atoms with Crippen LogP contribution in [0.2, 0.25) is 0 Å². The fraction of sp³-hybridized carbons (Fsp3) is 0.227. The molecule has 3 aromatic rings. The van der Waals surface area contributed by atoms with Crippen molar-refractivity contribution in [2.24, 2.45) is 0 Å². The molecule has 1 aliphatic rings. The number of benzene rings is 2. The van der Waals surface area contributed by atoms with Gasteiger partial charge in [-0.1, -0.05) is 36.4 Å². The Kier molecular flexibility index (Phi) is 5.30. The van der Waals surface area contributed by atoms with Gasteiger partial charge in [-0.25, -0.2) is 4.98 Å². The van der Waals surface area contributed by atoms with E-state index >= 15 is 0 Å². The predicted molar refractivity (Wildman–Crippen MR) is 111 cm³/mol. The first-order valence-electron chi connectivity index (χ1n) is 9.40. The second-order valence-electron chi connectivity index (χ2n) is 6.89. The van der Waals surface area contributed by atoms with Crippen LogP contribution in [0.3, 0.4) is 0 Å². The van der Waals surface area contributed by atoms with Crippen LogP contribution in [0.15, 0.2) is 60.7 Å². The van der Waals surface area contributed by atoms with Gasteiger partial charge in [0.05, 0.1) is 17.6 Å². The molecule has 1 aromatic heterocycles. The molecule has 2 aromatic carbocycles. The van der Waals surface area contributed by atoms with Crippen molar-refractivity contribution >= 4 is 34.6 Å². The zero-order chi connectivity index (χ0) is 19.3. The van der Waals surface area contributed by atoms with E-state index in [1.807, 2.05) is 60.7 Å². The quantitative estimate of drug-likeness (QED) is 0.696. The number of nitrogens with one attached hydrogen (secondary N) is 1. The van der Waals surface area contributed by atoms with Crippen LogP contribution < -0.4 is 10.2 Å². The summed E-state index contributed by atoms with van der Waals surface area (Å²) in [5.74, 6) is 0.708. The van der Waals surface area contributed by atoms with Gasteiger partial charge in [0.1, 0.15) is 5.82 Å². The van der Waals surface area contributed by atoms with Crippen LogP contribution in [0.5, 0.6) is 0 Å². The smallest absolute Gasteiger partial charge is 0.238 e. The van der Waals surface area contributed by atoms with Gasteiger partial charge in [0.2, 0.25) is 5.91 Å². The lowest BCUT2D eigenvalue weighted by Gasteiger charge is -2.35. The lowest BCUT2D eigenvalue weighted by atomic mass is 10.1. The number of amides is 1. The van der Waals surface area contributed by atoms with Crippen molar-refractivity contribution in [1.29, 1.82) is 0 Å². The largest absolute Gasteiger partial charge is 0.353 e. The Bertz CT molecular complexity index is 982. The minimum Gasteiger partial charge on any atom is -0.353 e. The maximum absolute atomic E-state index is 12.3. The summed E-state index contributed by atoms with van der Waals surface area (Å²) in [4.78, 5) is 32.8. The number of rotatable bonds is 5. The number of carbonyl (C=O) groups is 2. The van der Waals surface area contributed by atoms with Crippen LogP contribution in [-0.2, 0) is 4.79 Å². The summed E-state index contributed by atoms with van der Waals surface area (Å²) in [6, 6.07) is 19.2. The number of pyridine rings is 1. The average molecular weight is 374 g/mol. The molecule has 28 heavy (non-hydrogen) atoms. The highest BCUT2D eigenvalue weighted by molar-refractivity contribution is 5.93. The number of anilines is 2. The van der Waals surface area contributed by atoms with E-state index in [-0.39, 0.29) is 5.91 Å². The van der Waals surface area contributed by atoms with Crippen molar-refractivity contribution in [3.8, 4) is 0 Å². The van der Waals surface area contributed by atoms with E-state index in [0.29, 0.717) is 12.1 Å². The molecule has 1 fully saturated rings. The normalized spacial score (nSPS) is 14.8. The molecule has 6 nitrogen and oxygen atoms in total. The maximum Gasteiger partial charge on any atom is 0.238 e. The molecule has 0 unspecified atom stereocenters. The molecule has 0 aliphatic carbocycles. The summed E-state index contributed by atoms with van der Waals surface area (Å²) in [6.07, 6.45) is 0.869. The minimum atomic E-state index is -0.0166. The molecule has 0 atom stereocenters. The molecule has 0 bridgehead atoms. The zero-order valence-electron chi connectivity index (χ0n) is 15.5. The molecule has 4 rings (SSSR count). The minimum absolute atomic E-state index is 0.0166. The third kappa shape index (κ3) is 4.02. The van der Waals surface area contributed by atoms with Crippen molar-refractivity contribution in [2.45, 2.75) is 0 Å². The van der Waals surface area contributed by atoms with Crippen molar-refractivity contribution < 1.29 is 9.59 Å². The van der Waals surface area contributed by atoms with Crippen molar-refractivity contribution in [3.63, 3.8) is 0 Å². The van der Waals surface area contributed by atoms with Gasteiger partial charge in [-0.3, -0.25) is 14.5 Å². The summed E-state index contributed by atoms with van der Waals surface area (Å²) in [5, 5.41) is 3.88. The van der Waals surface area contributed by atoms with E-state index in [2.05, 4.69) is 15.1 Å².